The van der Waals surface area contributed by atoms with Crippen molar-refractivity contribution in [2.45, 2.75) is 25.9 Å². The first kappa shape index (κ1) is 25.9. The Bertz CT molecular complexity index is 1240. The summed E-state index contributed by atoms with van der Waals surface area (Å²) in [4.78, 5) is 18.4. The molecule has 1 atom stereocenters. The van der Waals surface area contributed by atoms with E-state index in [0.717, 1.165) is 61.1 Å². The predicted octanol–water partition coefficient (Wildman–Crippen LogP) is 4.59. The Morgan fingerprint density at radius 2 is 1.58 bits per heavy atom. The lowest BCUT2D eigenvalue weighted by atomic mass is 9.98. The Morgan fingerprint density at radius 3 is 2.29 bits per heavy atom. The van der Waals surface area contributed by atoms with Gasteiger partial charge in [-0.1, -0.05) is 54.6 Å². The van der Waals surface area contributed by atoms with Crippen molar-refractivity contribution >= 4 is 11.6 Å². The van der Waals surface area contributed by atoms with Crippen LogP contribution in [0.1, 0.15) is 36.1 Å². The minimum atomic E-state index is -0.169. The van der Waals surface area contributed by atoms with Gasteiger partial charge in [0, 0.05) is 44.7 Å². The molecule has 0 radical (unpaired) electrons. The van der Waals surface area contributed by atoms with E-state index < -0.39 is 0 Å². The van der Waals surface area contributed by atoms with Gasteiger partial charge in [-0.2, -0.15) is 5.10 Å². The van der Waals surface area contributed by atoms with Gasteiger partial charge in [-0.25, -0.2) is 5.01 Å². The molecule has 0 N–H and O–H groups in total. The minimum absolute atomic E-state index is 0.0188. The van der Waals surface area contributed by atoms with Crippen LogP contribution >= 0.6 is 0 Å². The summed E-state index contributed by atoms with van der Waals surface area (Å²) in [6.07, 6.45) is 0.630. The van der Waals surface area contributed by atoms with Gasteiger partial charge in [0.25, 0.3) is 5.91 Å². The molecule has 7 heteroatoms. The highest BCUT2D eigenvalue weighted by Crippen LogP contribution is 2.35. The highest BCUT2D eigenvalue weighted by Gasteiger charge is 2.35. The standard InChI is InChI=1S/C31H36N4O3/c1-3-38-26-15-13-25(14-16-26)29-21-28(27-11-7-8-12-30(27)37-2)32-35(29)31(36)23-34-19-17-33(18-20-34)22-24-9-5-4-6-10-24/h4-16,29H,3,17-23H2,1-2H3/t29-/m0/s1. The average molecular weight is 513 g/mol. The third-order valence-electron chi connectivity index (χ3n) is 7.23. The molecule has 0 bridgehead atoms. The topological polar surface area (TPSA) is 57.6 Å². The van der Waals surface area contributed by atoms with E-state index in [9.17, 15) is 4.79 Å². The highest BCUT2D eigenvalue weighted by molar-refractivity contribution is 6.05. The first-order valence-electron chi connectivity index (χ1n) is 13.4. The van der Waals surface area contributed by atoms with Crippen LogP contribution in [-0.4, -0.2) is 72.9 Å². The SMILES string of the molecule is CCOc1ccc([C@@H]2CC(c3ccccc3OC)=NN2C(=O)CN2CCN(Cc3ccccc3)CC2)cc1. The van der Waals surface area contributed by atoms with Gasteiger partial charge in [0.1, 0.15) is 11.5 Å². The summed E-state index contributed by atoms with van der Waals surface area (Å²) < 4.78 is 11.2. The summed E-state index contributed by atoms with van der Waals surface area (Å²) in [7, 11) is 1.67. The van der Waals surface area contributed by atoms with Crippen molar-refractivity contribution in [2.24, 2.45) is 5.10 Å². The average Bonchev–Trinajstić information content (AvgIpc) is 3.41. The predicted molar refractivity (Wildman–Crippen MR) is 150 cm³/mol. The second-order valence-electron chi connectivity index (χ2n) is 9.75. The van der Waals surface area contributed by atoms with Gasteiger partial charge in [-0.15, -0.1) is 0 Å². The van der Waals surface area contributed by atoms with Crippen LogP contribution in [0.25, 0.3) is 0 Å². The summed E-state index contributed by atoms with van der Waals surface area (Å²) in [5.41, 5.74) is 4.16. The number of amides is 1. The first-order valence-corrected chi connectivity index (χ1v) is 13.4. The summed E-state index contributed by atoms with van der Waals surface area (Å²) in [5, 5.41) is 6.56. The molecule has 38 heavy (non-hydrogen) atoms. The van der Waals surface area contributed by atoms with E-state index in [-0.39, 0.29) is 11.9 Å². The molecule has 0 saturated carbocycles. The Morgan fingerprint density at radius 1 is 0.895 bits per heavy atom. The molecule has 1 fully saturated rings. The summed E-state index contributed by atoms with van der Waals surface area (Å²) in [6, 6.07) is 26.3. The smallest absolute Gasteiger partial charge is 0.257 e. The molecule has 2 heterocycles. The number of hydrazone groups is 1. The highest BCUT2D eigenvalue weighted by atomic mass is 16.5. The number of carbonyl (C=O) groups is 1. The van der Waals surface area contributed by atoms with Crippen LogP contribution in [0.15, 0.2) is 84.0 Å². The van der Waals surface area contributed by atoms with Crippen LogP contribution in [0.2, 0.25) is 0 Å². The van der Waals surface area contributed by atoms with E-state index in [1.165, 1.54) is 5.56 Å². The molecular weight excluding hydrogens is 476 g/mol. The summed E-state index contributed by atoms with van der Waals surface area (Å²) in [5.74, 6) is 1.61. The van der Waals surface area contributed by atoms with Crippen molar-refractivity contribution in [3.05, 3.63) is 95.6 Å². The van der Waals surface area contributed by atoms with Gasteiger partial charge >= 0.3 is 0 Å². The Labute approximate surface area is 225 Å². The number of hydrogen-bond acceptors (Lipinski definition) is 6. The maximum absolute atomic E-state index is 13.7. The molecule has 5 rings (SSSR count). The zero-order chi connectivity index (χ0) is 26.3. The quantitative estimate of drug-likeness (QED) is 0.420. The van der Waals surface area contributed by atoms with Crippen molar-refractivity contribution in [3.8, 4) is 11.5 Å². The number of benzene rings is 3. The second kappa shape index (κ2) is 12.2. The van der Waals surface area contributed by atoms with E-state index in [4.69, 9.17) is 14.6 Å². The molecule has 0 aliphatic carbocycles. The minimum Gasteiger partial charge on any atom is -0.496 e. The van der Waals surface area contributed by atoms with E-state index in [0.29, 0.717) is 19.6 Å². The molecule has 2 aliphatic heterocycles. The Balaban J connectivity index is 1.29. The third kappa shape index (κ3) is 6.06. The fourth-order valence-electron chi connectivity index (χ4n) is 5.21. The number of methoxy groups -OCH3 is 1. The van der Waals surface area contributed by atoms with E-state index in [2.05, 4.69) is 34.1 Å². The lowest BCUT2D eigenvalue weighted by molar-refractivity contribution is -0.134. The molecule has 198 valence electrons. The van der Waals surface area contributed by atoms with Crippen LogP contribution in [0, 0.1) is 0 Å². The van der Waals surface area contributed by atoms with Gasteiger partial charge in [0.05, 0.1) is 32.0 Å². The second-order valence-corrected chi connectivity index (χ2v) is 9.75. The zero-order valence-electron chi connectivity index (χ0n) is 22.3. The lowest BCUT2D eigenvalue weighted by Gasteiger charge is -2.35. The largest absolute Gasteiger partial charge is 0.496 e. The van der Waals surface area contributed by atoms with E-state index in [1.807, 2.05) is 61.5 Å². The Kier molecular flexibility index (Phi) is 8.36. The van der Waals surface area contributed by atoms with E-state index >= 15 is 0 Å². The van der Waals surface area contributed by atoms with Crippen molar-refractivity contribution in [1.82, 2.24) is 14.8 Å². The Hall–Kier alpha value is -3.68. The van der Waals surface area contributed by atoms with Gasteiger partial charge in [0.2, 0.25) is 0 Å². The molecule has 1 amide bonds. The van der Waals surface area contributed by atoms with Crippen molar-refractivity contribution < 1.29 is 14.3 Å². The first-order chi connectivity index (χ1) is 18.6. The number of hydrogen-bond donors (Lipinski definition) is 0. The molecule has 1 saturated heterocycles. The van der Waals surface area contributed by atoms with Crippen molar-refractivity contribution in [3.63, 3.8) is 0 Å². The van der Waals surface area contributed by atoms with Crippen LogP contribution in [0.3, 0.4) is 0 Å². The number of carbonyl (C=O) groups excluding carboxylic acids is 1. The van der Waals surface area contributed by atoms with Crippen molar-refractivity contribution in [2.75, 3.05) is 46.4 Å². The molecular formula is C31H36N4O3. The molecule has 3 aromatic carbocycles. The fourth-order valence-corrected chi connectivity index (χ4v) is 5.21. The lowest BCUT2D eigenvalue weighted by Crippen LogP contribution is -2.49. The maximum Gasteiger partial charge on any atom is 0.257 e. The normalized spacial score (nSPS) is 18.3. The number of rotatable bonds is 9. The van der Waals surface area contributed by atoms with Gasteiger partial charge in [-0.05, 0) is 42.3 Å². The maximum atomic E-state index is 13.7. The monoisotopic (exact) mass is 512 g/mol. The van der Waals surface area contributed by atoms with Gasteiger partial charge in [-0.3, -0.25) is 14.6 Å². The number of para-hydroxylation sites is 1. The van der Waals surface area contributed by atoms with Gasteiger partial charge < -0.3 is 9.47 Å². The number of nitrogens with zero attached hydrogens (tertiary/aromatic N) is 4. The zero-order valence-corrected chi connectivity index (χ0v) is 22.3. The molecule has 3 aromatic rings. The van der Waals surface area contributed by atoms with Gasteiger partial charge in [0.15, 0.2) is 0 Å². The number of piperazine rings is 1. The summed E-state index contributed by atoms with van der Waals surface area (Å²) >= 11 is 0. The van der Waals surface area contributed by atoms with Crippen LogP contribution in [0.5, 0.6) is 11.5 Å². The molecule has 7 nitrogen and oxygen atoms in total. The third-order valence-corrected chi connectivity index (χ3v) is 7.23. The van der Waals surface area contributed by atoms with Crippen LogP contribution < -0.4 is 9.47 Å². The van der Waals surface area contributed by atoms with E-state index in [1.54, 1.807) is 12.1 Å². The van der Waals surface area contributed by atoms with Crippen LogP contribution in [-0.2, 0) is 11.3 Å². The fraction of sp³-hybridized carbons (Fsp3) is 0.355. The molecule has 0 unspecified atom stereocenters. The molecule has 0 aromatic heterocycles. The molecule has 2 aliphatic rings. The van der Waals surface area contributed by atoms with Crippen molar-refractivity contribution in [1.29, 1.82) is 0 Å². The summed E-state index contributed by atoms with van der Waals surface area (Å²) in [6.45, 7) is 7.51. The molecule has 0 spiro atoms. The number of ether oxygens (including phenoxy) is 2. The van der Waals surface area contributed by atoms with Crippen LogP contribution in [0.4, 0.5) is 0 Å².